The van der Waals surface area contributed by atoms with E-state index in [1.54, 1.807) is 18.2 Å². The number of anilines is 1. The van der Waals surface area contributed by atoms with E-state index in [-0.39, 0.29) is 36.6 Å². The molecule has 27 heavy (non-hydrogen) atoms. The molecule has 0 spiro atoms. The molecular weight excluding hydrogens is 369 g/mol. The molecule has 0 saturated carbocycles. The Morgan fingerprint density at radius 3 is 2.41 bits per heavy atom. The number of nitrogens with one attached hydrogen (secondary N) is 1. The minimum absolute atomic E-state index is 0. The third kappa shape index (κ3) is 7.27. The third-order valence-corrected chi connectivity index (χ3v) is 4.14. The van der Waals surface area contributed by atoms with Gasteiger partial charge in [-0.2, -0.15) is 0 Å². The van der Waals surface area contributed by atoms with Gasteiger partial charge in [-0.05, 0) is 42.7 Å². The van der Waals surface area contributed by atoms with Crippen LogP contribution in [-0.2, 0) is 22.6 Å². The number of amides is 2. The number of nitrogens with zero attached hydrogens (tertiary/aromatic N) is 1. The monoisotopic (exact) mass is 393 g/mol. The molecule has 0 unspecified atom stereocenters. The molecule has 0 aliphatic rings. The zero-order valence-electron chi connectivity index (χ0n) is 15.3. The summed E-state index contributed by atoms with van der Waals surface area (Å²) in [7, 11) is 0. The predicted molar refractivity (Wildman–Crippen MR) is 107 cm³/mol. The van der Waals surface area contributed by atoms with Crippen molar-refractivity contribution in [3.63, 3.8) is 0 Å². The summed E-state index contributed by atoms with van der Waals surface area (Å²) in [5.74, 6) is -0.654. The maximum atomic E-state index is 12.9. The lowest BCUT2D eigenvalue weighted by atomic mass is 10.1. The van der Waals surface area contributed by atoms with Crippen molar-refractivity contribution in [2.24, 2.45) is 0 Å². The van der Waals surface area contributed by atoms with Crippen molar-refractivity contribution in [1.29, 1.82) is 0 Å². The summed E-state index contributed by atoms with van der Waals surface area (Å²) < 4.78 is 12.9. The maximum Gasteiger partial charge on any atom is 0.239 e. The Balaban J connectivity index is 0.00000364. The number of carbonyl (C=O) groups excluding carboxylic acids is 2. The Morgan fingerprint density at radius 2 is 1.78 bits per heavy atom. The summed E-state index contributed by atoms with van der Waals surface area (Å²) in [6, 6.07) is 13.4. The lowest BCUT2D eigenvalue weighted by Gasteiger charge is -2.20. The number of nitrogen functional groups attached to an aromatic ring is 1. The van der Waals surface area contributed by atoms with Crippen LogP contribution in [-0.4, -0.2) is 29.8 Å². The van der Waals surface area contributed by atoms with Gasteiger partial charge in [0.05, 0.1) is 6.54 Å². The van der Waals surface area contributed by atoms with E-state index in [0.717, 1.165) is 11.1 Å². The summed E-state index contributed by atoms with van der Waals surface area (Å²) in [6.07, 6.45) is 0.840. The maximum absolute atomic E-state index is 12.9. The largest absolute Gasteiger partial charge is 0.399 e. The first-order chi connectivity index (χ1) is 12.5. The number of nitrogens with two attached hydrogens (primary N) is 1. The highest BCUT2D eigenvalue weighted by molar-refractivity contribution is 5.85. The Bertz CT molecular complexity index is 753. The Morgan fingerprint density at radius 1 is 1.11 bits per heavy atom. The van der Waals surface area contributed by atoms with E-state index >= 15 is 0 Å². The molecule has 2 aromatic rings. The summed E-state index contributed by atoms with van der Waals surface area (Å²) in [5.41, 5.74) is 8.28. The van der Waals surface area contributed by atoms with Crippen LogP contribution < -0.4 is 11.1 Å². The number of halogens is 2. The molecule has 0 aliphatic heterocycles. The zero-order chi connectivity index (χ0) is 18.9. The van der Waals surface area contributed by atoms with Crippen LogP contribution in [0.1, 0.15) is 24.5 Å². The van der Waals surface area contributed by atoms with Crippen molar-refractivity contribution in [2.45, 2.75) is 26.3 Å². The van der Waals surface area contributed by atoms with Crippen molar-refractivity contribution in [3.05, 3.63) is 65.5 Å². The zero-order valence-corrected chi connectivity index (χ0v) is 16.1. The van der Waals surface area contributed by atoms with E-state index in [2.05, 4.69) is 5.32 Å². The number of hydrogen-bond donors (Lipinski definition) is 2. The highest BCUT2D eigenvalue weighted by Crippen LogP contribution is 2.13. The third-order valence-electron chi connectivity index (χ3n) is 4.14. The second-order valence-electron chi connectivity index (χ2n) is 6.01. The van der Waals surface area contributed by atoms with Gasteiger partial charge in [0.2, 0.25) is 11.8 Å². The topological polar surface area (TPSA) is 75.4 Å². The van der Waals surface area contributed by atoms with E-state index in [1.807, 2.05) is 25.1 Å². The summed E-state index contributed by atoms with van der Waals surface area (Å²) in [6.45, 7) is 2.58. The summed E-state index contributed by atoms with van der Waals surface area (Å²) in [5, 5.41) is 2.75. The first kappa shape index (κ1) is 22.4. The van der Waals surface area contributed by atoms with Gasteiger partial charge in [-0.3, -0.25) is 9.59 Å². The van der Waals surface area contributed by atoms with Gasteiger partial charge in [0.15, 0.2) is 0 Å². The Hall–Kier alpha value is -2.60. The average Bonchev–Trinajstić information content (AvgIpc) is 2.64. The van der Waals surface area contributed by atoms with Crippen molar-refractivity contribution < 1.29 is 14.0 Å². The molecule has 0 saturated heterocycles. The van der Waals surface area contributed by atoms with E-state index in [1.165, 1.54) is 17.0 Å². The van der Waals surface area contributed by atoms with Gasteiger partial charge in [-0.15, -0.1) is 12.4 Å². The molecule has 5 nitrogen and oxygen atoms in total. The number of rotatable bonds is 8. The Labute approximate surface area is 165 Å². The highest BCUT2D eigenvalue weighted by atomic mass is 35.5. The molecule has 0 fully saturated rings. The number of aryl methyl sites for hydroxylation is 1. The van der Waals surface area contributed by atoms with Gasteiger partial charge in [0.1, 0.15) is 5.82 Å². The normalized spacial score (nSPS) is 10.0. The van der Waals surface area contributed by atoms with Gasteiger partial charge >= 0.3 is 0 Å². The van der Waals surface area contributed by atoms with Crippen LogP contribution in [0.5, 0.6) is 0 Å². The molecule has 0 bridgehead atoms. The molecule has 2 aromatic carbocycles. The number of likely N-dealkylation sites (N-methyl/N-ethyl adjacent to an activating group) is 1. The van der Waals surface area contributed by atoms with Crippen LogP contribution in [0.4, 0.5) is 10.1 Å². The lowest BCUT2D eigenvalue weighted by Crippen LogP contribution is -2.40. The number of para-hydroxylation sites is 1. The molecule has 0 aromatic heterocycles. The van der Waals surface area contributed by atoms with Crippen LogP contribution in [0.25, 0.3) is 0 Å². The fourth-order valence-electron chi connectivity index (χ4n) is 2.57. The quantitative estimate of drug-likeness (QED) is 0.677. The minimum atomic E-state index is -0.318. The molecule has 2 rings (SSSR count). The van der Waals surface area contributed by atoms with Gasteiger partial charge in [-0.1, -0.05) is 30.3 Å². The van der Waals surface area contributed by atoms with Crippen molar-refractivity contribution >= 4 is 29.9 Å². The molecule has 0 heterocycles. The molecule has 146 valence electrons. The molecule has 0 radical (unpaired) electrons. The van der Waals surface area contributed by atoms with Crippen LogP contribution in [0, 0.1) is 5.82 Å². The second-order valence-corrected chi connectivity index (χ2v) is 6.01. The number of benzene rings is 2. The highest BCUT2D eigenvalue weighted by Gasteiger charge is 2.15. The van der Waals surface area contributed by atoms with E-state index < -0.39 is 0 Å². The molecule has 0 atom stereocenters. The van der Waals surface area contributed by atoms with Gasteiger partial charge < -0.3 is 16.0 Å². The summed E-state index contributed by atoms with van der Waals surface area (Å²) in [4.78, 5) is 26.0. The molecular formula is C20H25ClFN3O2. The Kier molecular flexibility index (Phi) is 9.30. The summed E-state index contributed by atoms with van der Waals surface area (Å²) >= 11 is 0. The molecule has 3 N–H and O–H groups in total. The smallest absolute Gasteiger partial charge is 0.239 e. The fraction of sp³-hybridized carbons (Fsp3) is 0.300. The number of hydrogen-bond acceptors (Lipinski definition) is 3. The van der Waals surface area contributed by atoms with E-state index in [0.29, 0.717) is 31.6 Å². The SMILES string of the molecule is CCN(CC(=O)NCc1ccc(F)cc1)C(=O)CCc1ccccc1N.Cl. The average molecular weight is 394 g/mol. The molecule has 2 amide bonds. The molecule has 7 heteroatoms. The molecule has 0 aliphatic carbocycles. The van der Waals surface area contributed by atoms with Crippen LogP contribution >= 0.6 is 12.4 Å². The van der Waals surface area contributed by atoms with Crippen LogP contribution in [0.3, 0.4) is 0 Å². The van der Waals surface area contributed by atoms with Crippen LogP contribution in [0.15, 0.2) is 48.5 Å². The second kappa shape index (κ2) is 11.2. The number of carbonyl (C=O) groups is 2. The van der Waals surface area contributed by atoms with E-state index in [9.17, 15) is 14.0 Å². The van der Waals surface area contributed by atoms with Gasteiger partial charge in [-0.25, -0.2) is 4.39 Å². The van der Waals surface area contributed by atoms with Gasteiger partial charge in [0.25, 0.3) is 0 Å². The van der Waals surface area contributed by atoms with Crippen molar-refractivity contribution in [1.82, 2.24) is 10.2 Å². The lowest BCUT2D eigenvalue weighted by molar-refractivity contribution is -0.135. The fourth-order valence-corrected chi connectivity index (χ4v) is 2.57. The van der Waals surface area contributed by atoms with Crippen molar-refractivity contribution in [2.75, 3.05) is 18.8 Å². The minimum Gasteiger partial charge on any atom is -0.399 e. The first-order valence-electron chi connectivity index (χ1n) is 8.62. The predicted octanol–water partition coefficient (Wildman–Crippen LogP) is 2.93. The van der Waals surface area contributed by atoms with Crippen molar-refractivity contribution in [3.8, 4) is 0 Å². The standard InChI is InChI=1S/C20H24FN3O2.ClH/c1-2-24(20(26)12-9-16-5-3-4-6-18(16)22)14-19(25)23-13-15-7-10-17(21)11-8-15;/h3-8,10-11H,2,9,12-14,22H2,1H3,(H,23,25);1H. The van der Waals surface area contributed by atoms with Gasteiger partial charge in [0, 0.05) is 25.2 Å². The van der Waals surface area contributed by atoms with Crippen LogP contribution in [0.2, 0.25) is 0 Å². The van der Waals surface area contributed by atoms with E-state index in [4.69, 9.17) is 5.73 Å². The first-order valence-corrected chi connectivity index (χ1v) is 8.62.